The van der Waals surface area contributed by atoms with Crippen molar-refractivity contribution in [3.8, 4) is 5.75 Å². The molecule has 0 saturated heterocycles. The molecule has 0 spiro atoms. The third-order valence-electron chi connectivity index (χ3n) is 7.43. The molecule has 1 heterocycles. The zero-order valence-corrected chi connectivity index (χ0v) is 20.7. The van der Waals surface area contributed by atoms with Gasteiger partial charge in [-0.15, -0.1) is 0 Å². The quantitative estimate of drug-likeness (QED) is 0.513. The van der Waals surface area contributed by atoms with Crippen LogP contribution in [0.1, 0.15) is 55.3 Å². The number of anilines is 2. The summed E-state index contributed by atoms with van der Waals surface area (Å²) in [6.45, 7) is 0.827. The lowest BCUT2D eigenvalue weighted by Gasteiger charge is -2.31. The second-order valence-corrected chi connectivity index (χ2v) is 9.94. The van der Waals surface area contributed by atoms with Crippen LogP contribution in [0.2, 0.25) is 0 Å². The minimum absolute atomic E-state index is 0.432. The number of benzene rings is 2. The Hall–Kier alpha value is -2.86. The minimum Gasteiger partial charge on any atom is -0.496 e. The Morgan fingerprint density at radius 1 is 0.941 bits per heavy atom. The van der Waals surface area contributed by atoms with E-state index in [2.05, 4.69) is 66.0 Å². The summed E-state index contributed by atoms with van der Waals surface area (Å²) in [5.74, 6) is 2.86. The number of methoxy groups -OCH3 is 1. The van der Waals surface area contributed by atoms with Gasteiger partial charge in [-0.1, -0.05) is 30.3 Å². The molecule has 0 radical (unpaired) electrons. The highest BCUT2D eigenvalue weighted by atomic mass is 16.5. The molecule has 34 heavy (non-hydrogen) atoms. The Labute approximate surface area is 203 Å². The molecule has 1 fully saturated rings. The van der Waals surface area contributed by atoms with Gasteiger partial charge in [0.2, 0.25) is 5.95 Å². The molecule has 2 aliphatic rings. The molecular formula is C28H37N5O. The van der Waals surface area contributed by atoms with Crippen LogP contribution in [0.4, 0.5) is 11.8 Å². The molecule has 5 rings (SSSR count). The van der Waals surface area contributed by atoms with E-state index in [1.54, 1.807) is 7.11 Å². The molecule has 0 bridgehead atoms. The first kappa shape index (κ1) is 22.9. The number of hydrogen-bond acceptors (Lipinski definition) is 6. The van der Waals surface area contributed by atoms with Crippen LogP contribution in [0.3, 0.4) is 0 Å². The minimum atomic E-state index is 0.432. The average molecular weight is 460 g/mol. The van der Waals surface area contributed by atoms with Crippen LogP contribution >= 0.6 is 0 Å². The predicted molar refractivity (Wildman–Crippen MR) is 140 cm³/mol. The third kappa shape index (κ3) is 4.83. The number of fused-ring (bicyclic) bond motifs is 2. The lowest BCUT2D eigenvalue weighted by Crippen LogP contribution is -2.37. The van der Waals surface area contributed by atoms with Crippen molar-refractivity contribution in [1.29, 1.82) is 0 Å². The van der Waals surface area contributed by atoms with Crippen molar-refractivity contribution in [2.45, 2.75) is 70.0 Å². The standard InChI is InChI=1S/C28H37N5O/c1-33(2)27-23-10-6-7-11-25(23)31-28(32-27)30-21-15-13-20(14-16-21)29-18-24-22-9-5-4-8-19(22)12-17-26(24)34-3/h4-5,8-9,12,17,20-21,29H,6-7,10-11,13-16,18H2,1-3H3,(H,30,31,32)/t20-,21+. The molecule has 3 aromatic rings. The van der Waals surface area contributed by atoms with Crippen molar-refractivity contribution in [3.63, 3.8) is 0 Å². The van der Waals surface area contributed by atoms with Gasteiger partial charge in [0.1, 0.15) is 11.6 Å². The molecule has 1 aromatic heterocycles. The van der Waals surface area contributed by atoms with E-state index in [-0.39, 0.29) is 0 Å². The molecule has 2 N–H and O–H groups in total. The van der Waals surface area contributed by atoms with E-state index >= 15 is 0 Å². The highest BCUT2D eigenvalue weighted by Crippen LogP contribution is 2.31. The first-order valence-electron chi connectivity index (χ1n) is 12.7. The van der Waals surface area contributed by atoms with Crippen LogP contribution in [0, 0.1) is 0 Å². The van der Waals surface area contributed by atoms with Gasteiger partial charge in [0.25, 0.3) is 0 Å². The van der Waals surface area contributed by atoms with Crippen LogP contribution < -0.4 is 20.3 Å². The van der Waals surface area contributed by atoms with Crippen LogP contribution in [0.25, 0.3) is 10.8 Å². The van der Waals surface area contributed by atoms with E-state index in [4.69, 9.17) is 14.7 Å². The van der Waals surface area contributed by atoms with Gasteiger partial charge in [-0.2, -0.15) is 4.98 Å². The molecular weight excluding hydrogens is 422 g/mol. The van der Waals surface area contributed by atoms with Crippen molar-refractivity contribution in [2.24, 2.45) is 0 Å². The highest BCUT2D eigenvalue weighted by molar-refractivity contribution is 5.87. The van der Waals surface area contributed by atoms with Crippen molar-refractivity contribution in [2.75, 3.05) is 31.4 Å². The Morgan fingerprint density at radius 2 is 1.71 bits per heavy atom. The van der Waals surface area contributed by atoms with Crippen molar-refractivity contribution < 1.29 is 4.74 Å². The van der Waals surface area contributed by atoms with Crippen LogP contribution in [0.5, 0.6) is 5.75 Å². The number of hydrogen-bond donors (Lipinski definition) is 2. The Balaban J connectivity index is 1.20. The zero-order valence-electron chi connectivity index (χ0n) is 20.7. The second-order valence-electron chi connectivity index (χ2n) is 9.94. The summed E-state index contributed by atoms with van der Waals surface area (Å²) in [7, 11) is 5.93. The number of rotatable bonds is 7. The van der Waals surface area contributed by atoms with E-state index < -0.39 is 0 Å². The lowest BCUT2D eigenvalue weighted by atomic mass is 9.91. The molecule has 6 nitrogen and oxygen atoms in total. The van der Waals surface area contributed by atoms with Gasteiger partial charge in [0.05, 0.1) is 12.8 Å². The first-order chi connectivity index (χ1) is 16.6. The second kappa shape index (κ2) is 10.2. The molecule has 0 aliphatic heterocycles. The van der Waals surface area contributed by atoms with Crippen molar-refractivity contribution in [1.82, 2.24) is 15.3 Å². The summed E-state index contributed by atoms with van der Waals surface area (Å²) < 4.78 is 5.68. The van der Waals surface area contributed by atoms with Crippen molar-refractivity contribution >= 4 is 22.5 Å². The van der Waals surface area contributed by atoms with E-state index in [1.165, 1.54) is 40.4 Å². The van der Waals surface area contributed by atoms with Crippen molar-refractivity contribution in [3.05, 3.63) is 53.2 Å². The van der Waals surface area contributed by atoms with Gasteiger partial charge < -0.3 is 20.3 Å². The largest absolute Gasteiger partial charge is 0.496 e. The van der Waals surface area contributed by atoms with Crippen LogP contribution in [-0.2, 0) is 19.4 Å². The SMILES string of the molecule is COc1ccc2ccccc2c1CN[C@H]1CC[C@@H](Nc2nc3c(c(N(C)C)n2)CCCC3)CC1. The summed E-state index contributed by atoms with van der Waals surface area (Å²) in [5, 5.41) is 10.0. The highest BCUT2D eigenvalue weighted by Gasteiger charge is 2.24. The number of nitrogens with zero attached hydrogens (tertiary/aromatic N) is 3. The normalized spacial score (nSPS) is 20.1. The van der Waals surface area contributed by atoms with E-state index in [9.17, 15) is 0 Å². The van der Waals surface area contributed by atoms with Gasteiger partial charge in [0, 0.05) is 43.9 Å². The topological polar surface area (TPSA) is 62.3 Å². The number of aryl methyl sites for hydroxylation is 1. The summed E-state index contributed by atoms with van der Waals surface area (Å²) in [4.78, 5) is 12.0. The molecule has 6 heteroatoms. The predicted octanol–water partition coefficient (Wildman–Crippen LogP) is 5.10. The molecule has 1 saturated carbocycles. The lowest BCUT2D eigenvalue weighted by molar-refractivity contribution is 0.348. The van der Waals surface area contributed by atoms with E-state index in [0.717, 1.165) is 62.6 Å². The van der Waals surface area contributed by atoms with Crippen LogP contribution in [-0.4, -0.2) is 43.3 Å². The summed E-state index contributed by atoms with van der Waals surface area (Å²) >= 11 is 0. The molecule has 0 unspecified atom stereocenters. The maximum absolute atomic E-state index is 5.68. The Bertz CT molecular complexity index is 1140. The molecule has 180 valence electrons. The van der Waals surface area contributed by atoms with Gasteiger partial charge >= 0.3 is 0 Å². The van der Waals surface area contributed by atoms with Crippen LogP contribution in [0.15, 0.2) is 36.4 Å². The third-order valence-corrected chi connectivity index (χ3v) is 7.43. The fraction of sp³-hybridized carbons (Fsp3) is 0.500. The average Bonchev–Trinajstić information content (AvgIpc) is 2.87. The van der Waals surface area contributed by atoms with Gasteiger partial charge in [0.15, 0.2) is 0 Å². The molecule has 2 aromatic carbocycles. The maximum atomic E-state index is 5.68. The summed E-state index contributed by atoms with van der Waals surface area (Å²) in [5.41, 5.74) is 3.84. The van der Waals surface area contributed by atoms with Gasteiger partial charge in [-0.3, -0.25) is 0 Å². The monoisotopic (exact) mass is 459 g/mol. The first-order valence-corrected chi connectivity index (χ1v) is 12.7. The number of aromatic nitrogens is 2. The fourth-order valence-corrected chi connectivity index (χ4v) is 5.57. The van der Waals surface area contributed by atoms with Gasteiger partial charge in [-0.25, -0.2) is 4.98 Å². The molecule has 0 amide bonds. The Kier molecular flexibility index (Phi) is 6.86. The number of nitrogens with one attached hydrogen (secondary N) is 2. The summed E-state index contributed by atoms with van der Waals surface area (Å²) in [6.07, 6.45) is 9.19. The zero-order chi connectivity index (χ0) is 23.5. The Morgan fingerprint density at radius 3 is 2.50 bits per heavy atom. The molecule has 0 atom stereocenters. The van der Waals surface area contributed by atoms with E-state index in [1.807, 2.05) is 0 Å². The smallest absolute Gasteiger partial charge is 0.225 e. The van der Waals surface area contributed by atoms with E-state index in [0.29, 0.717) is 12.1 Å². The summed E-state index contributed by atoms with van der Waals surface area (Å²) in [6, 6.07) is 13.7. The fourth-order valence-electron chi connectivity index (χ4n) is 5.57. The molecule has 2 aliphatic carbocycles. The maximum Gasteiger partial charge on any atom is 0.225 e. The van der Waals surface area contributed by atoms with Gasteiger partial charge in [-0.05, 0) is 68.2 Å². The number of ether oxygens (including phenoxy) is 1.